The van der Waals surface area contributed by atoms with Crippen LogP contribution >= 0.6 is 11.6 Å². The minimum atomic E-state index is -0.307. The fourth-order valence-corrected chi connectivity index (χ4v) is 2.23. The van der Waals surface area contributed by atoms with Gasteiger partial charge < -0.3 is 5.32 Å². The van der Waals surface area contributed by atoms with Crippen molar-refractivity contribution in [2.24, 2.45) is 0 Å². The number of aromatic nitrogens is 4. The molecule has 2 heterocycles. The standard InChI is InChI=1S/C15H12ClN5O/c1-10-4-5-17-14(6-10)20-15(22)12-3-2-11(7-13(12)16)21-8-18-19-9-21/h2-9H,1H3,(H,17,20,22). The summed E-state index contributed by atoms with van der Waals surface area (Å²) < 4.78 is 1.70. The lowest BCUT2D eigenvalue weighted by Gasteiger charge is -2.08. The van der Waals surface area contributed by atoms with Crippen molar-refractivity contribution in [3.63, 3.8) is 0 Å². The summed E-state index contributed by atoms with van der Waals surface area (Å²) in [7, 11) is 0. The minimum absolute atomic E-state index is 0.307. The van der Waals surface area contributed by atoms with Gasteiger partial charge in [-0.15, -0.1) is 10.2 Å². The Morgan fingerprint density at radius 1 is 1.18 bits per heavy atom. The van der Waals surface area contributed by atoms with Crippen LogP contribution in [0, 0.1) is 6.92 Å². The smallest absolute Gasteiger partial charge is 0.258 e. The molecule has 1 aromatic carbocycles. The molecule has 0 radical (unpaired) electrons. The molecule has 0 aliphatic rings. The van der Waals surface area contributed by atoms with Crippen LogP contribution in [-0.2, 0) is 0 Å². The van der Waals surface area contributed by atoms with E-state index in [1.54, 1.807) is 47.7 Å². The molecule has 7 heteroatoms. The average molecular weight is 314 g/mol. The van der Waals surface area contributed by atoms with Crippen molar-refractivity contribution >= 4 is 23.3 Å². The normalized spacial score (nSPS) is 10.5. The summed E-state index contributed by atoms with van der Waals surface area (Å²) in [5.41, 5.74) is 2.17. The molecule has 0 spiro atoms. The number of rotatable bonds is 3. The Hall–Kier alpha value is -2.73. The van der Waals surface area contributed by atoms with Crippen LogP contribution in [0.5, 0.6) is 0 Å². The lowest BCUT2D eigenvalue weighted by molar-refractivity contribution is 0.102. The Bertz CT molecular complexity index is 817. The van der Waals surface area contributed by atoms with Gasteiger partial charge in [-0.3, -0.25) is 9.36 Å². The van der Waals surface area contributed by atoms with Gasteiger partial charge in [0.1, 0.15) is 18.5 Å². The zero-order valence-corrected chi connectivity index (χ0v) is 12.4. The van der Waals surface area contributed by atoms with Crippen LogP contribution in [0.15, 0.2) is 49.2 Å². The van der Waals surface area contributed by atoms with Gasteiger partial charge in [0.25, 0.3) is 5.91 Å². The first kappa shape index (κ1) is 14.2. The first-order valence-electron chi connectivity index (χ1n) is 6.52. The van der Waals surface area contributed by atoms with Crippen molar-refractivity contribution < 1.29 is 4.79 Å². The summed E-state index contributed by atoms with van der Waals surface area (Å²) in [6.07, 6.45) is 4.76. The zero-order chi connectivity index (χ0) is 15.5. The average Bonchev–Trinajstić information content (AvgIpc) is 3.01. The monoisotopic (exact) mass is 313 g/mol. The number of nitrogens with one attached hydrogen (secondary N) is 1. The highest BCUT2D eigenvalue weighted by Gasteiger charge is 2.12. The van der Waals surface area contributed by atoms with Gasteiger partial charge in [0.15, 0.2) is 0 Å². The number of amides is 1. The van der Waals surface area contributed by atoms with Gasteiger partial charge in [0, 0.05) is 11.9 Å². The third-order valence-electron chi connectivity index (χ3n) is 3.07. The molecule has 22 heavy (non-hydrogen) atoms. The number of carbonyl (C=O) groups is 1. The van der Waals surface area contributed by atoms with Gasteiger partial charge in [-0.05, 0) is 42.8 Å². The second-order valence-electron chi connectivity index (χ2n) is 4.71. The molecule has 0 atom stereocenters. The molecule has 0 fully saturated rings. The van der Waals surface area contributed by atoms with Gasteiger partial charge in [0.05, 0.1) is 10.6 Å². The van der Waals surface area contributed by atoms with Crippen molar-refractivity contribution in [1.82, 2.24) is 19.7 Å². The Morgan fingerprint density at radius 2 is 1.95 bits per heavy atom. The second kappa shape index (κ2) is 5.95. The number of nitrogens with zero attached hydrogens (tertiary/aromatic N) is 4. The van der Waals surface area contributed by atoms with E-state index in [1.807, 2.05) is 13.0 Å². The van der Waals surface area contributed by atoms with Crippen LogP contribution in [0.3, 0.4) is 0 Å². The number of pyridine rings is 1. The zero-order valence-electron chi connectivity index (χ0n) is 11.7. The van der Waals surface area contributed by atoms with Gasteiger partial charge in [-0.2, -0.15) is 0 Å². The fourth-order valence-electron chi connectivity index (χ4n) is 1.97. The van der Waals surface area contributed by atoms with Gasteiger partial charge in [-0.25, -0.2) is 4.98 Å². The predicted octanol–water partition coefficient (Wildman–Crippen LogP) is 2.88. The number of benzene rings is 1. The molecule has 1 N–H and O–H groups in total. The molecule has 0 saturated carbocycles. The SMILES string of the molecule is Cc1ccnc(NC(=O)c2ccc(-n3cnnc3)cc2Cl)c1. The van der Waals surface area contributed by atoms with E-state index in [0.717, 1.165) is 11.3 Å². The summed E-state index contributed by atoms with van der Waals surface area (Å²) in [6, 6.07) is 8.76. The number of halogens is 1. The number of hydrogen-bond donors (Lipinski definition) is 1. The minimum Gasteiger partial charge on any atom is -0.307 e. The van der Waals surface area contributed by atoms with Crippen LogP contribution in [0.4, 0.5) is 5.82 Å². The van der Waals surface area contributed by atoms with Crippen molar-refractivity contribution in [2.45, 2.75) is 6.92 Å². The highest BCUT2D eigenvalue weighted by molar-refractivity contribution is 6.34. The molecule has 3 rings (SSSR count). The maximum absolute atomic E-state index is 12.3. The first-order valence-corrected chi connectivity index (χ1v) is 6.90. The summed E-state index contributed by atoms with van der Waals surface area (Å²) in [5.74, 6) is 0.183. The lowest BCUT2D eigenvalue weighted by atomic mass is 10.2. The van der Waals surface area contributed by atoms with E-state index in [2.05, 4.69) is 20.5 Å². The Balaban J connectivity index is 1.84. The topological polar surface area (TPSA) is 72.7 Å². The first-order chi connectivity index (χ1) is 10.6. The molecular formula is C15H12ClN5O. The van der Waals surface area contributed by atoms with Crippen LogP contribution in [-0.4, -0.2) is 25.7 Å². The maximum Gasteiger partial charge on any atom is 0.258 e. The van der Waals surface area contributed by atoms with E-state index in [1.165, 1.54) is 0 Å². The van der Waals surface area contributed by atoms with Crippen molar-refractivity contribution in [1.29, 1.82) is 0 Å². The van der Waals surface area contributed by atoms with Gasteiger partial charge in [-0.1, -0.05) is 11.6 Å². The summed E-state index contributed by atoms with van der Waals surface area (Å²) in [6.45, 7) is 1.93. The van der Waals surface area contributed by atoms with E-state index in [4.69, 9.17) is 11.6 Å². The summed E-state index contributed by atoms with van der Waals surface area (Å²) >= 11 is 6.20. The van der Waals surface area contributed by atoms with Crippen molar-refractivity contribution in [3.05, 3.63) is 65.3 Å². The van der Waals surface area contributed by atoms with Crippen molar-refractivity contribution in [2.75, 3.05) is 5.32 Å². The molecular weight excluding hydrogens is 302 g/mol. The molecule has 0 bridgehead atoms. The lowest BCUT2D eigenvalue weighted by Crippen LogP contribution is -2.13. The maximum atomic E-state index is 12.3. The van der Waals surface area contributed by atoms with Gasteiger partial charge in [0.2, 0.25) is 0 Å². The molecule has 1 amide bonds. The molecule has 0 aliphatic carbocycles. The van der Waals surface area contributed by atoms with Crippen molar-refractivity contribution in [3.8, 4) is 5.69 Å². The third kappa shape index (κ3) is 2.96. The molecule has 2 aromatic heterocycles. The highest BCUT2D eigenvalue weighted by atomic mass is 35.5. The number of hydrogen-bond acceptors (Lipinski definition) is 4. The number of aryl methyl sites for hydroxylation is 1. The number of anilines is 1. The van der Waals surface area contributed by atoms with Gasteiger partial charge >= 0.3 is 0 Å². The Kier molecular flexibility index (Phi) is 3.84. The number of carbonyl (C=O) groups excluding carboxylic acids is 1. The fraction of sp³-hybridized carbons (Fsp3) is 0.0667. The molecule has 0 unspecified atom stereocenters. The molecule has 3 aromatic rings. The molecule has 110 valence electrons. The van der Waals surface area contributed by atoms with E-state index in [-0.39, 0.29) is 5.91 Å². The summed E-state index contributed by atoms with van der Waals surface area (Å²) in [4.78, 5) is 16.4. The largest absolute Gasteiger partial charge is 0.307 e. The van der Waals surface area contributed by atoms with E-state index in [0.29, 0.717) is 16.4 Å². The van der Waals surface area contributed by atoms with E-state index in [9.17, 15) is 4.79 Å². The quantitative estimate of drug-likeness (QED) is 0.807. The molecule has 6 nitrogen and oxygen atoms in total. The van der Waals surface area contributed by atoms with E-state index >= 15 is 0 Å². The van der Waals surface area contributed by atoms with Crippen LogP contribution < -0.4 is 5.32 Å². The second-order valence-corrected chi connectivity index (χ2v) is 5.11. The third-order valence-corrected chi connectivity index (χ3v) is 3.38. The Labute approximate surface area is 131 Å². The van der Waals surface area contributed by atoms with Crippen LogP contribution in [0.2, 0.25) is 5.02 Å². The van der Waals surface area contributed by atoms with Crippen LogP contribution in [0.25, 0.3) is 5.69 Å². The molecule has 0 saturated heterocycles. The van der Waals surface area contributed by atoms with E-state index < -0.39 is 0 Å². The highest BCUT2D eigenvalue weighted by Crippen LogP contribution is 2.21. The van der Waals surface area contributed by atoms with Crippen LogP contribution in [0.1, 0.15) is 15.9 Å². The predicted molar refractivity (Wildman–Crippen MR) is 83.3 cm³/mol. The molecule has 0 aliphatic heterocycles. The summed E-state index contributed by atoms with van der Waals surface area (Å²) in [5, 5.41) is 10.5. The Morgan fingerprint density at radius 3 is 2.64 bits per heavy atom.